The molecule has 2 aromatic carbocycles. The van der Waals surface area contributed by atoms with Crippen LogP contribution in [-0.2, 0) is 4.84 Å². The minimum atomic E-state index is -1.65. The molecule has 22 heavy (non-hydrogen) atoms. The molecular weight excluding hydrogens is 398 g/mol. The van der Waals surface area contributed by atoms with Crippen molar-refractivity contribution in [3.8, 4) is 0 Å². The van der Waals surface area contributed by atoms with E-state index < -0.39 is 12.3 Å². The highest BCUT2D eigenvalue weighted by Crippen LogP contribution is 2.17. The van der Waals surface area contributed by atoms with Gasteiger partial charge in [-0.05, 0) is 65.4 Å². The van der Waals surface area contributed by atoms with E-state index in [-0.39, 0.29) is 6.54 Å². The second kappa shape index (κ2) is 8.09. The Morgan fingerprint density at radius 2 is 2.00 bits per heavy atom. The van der Waals surface area contributed by atoms with Crippen molar-refractivity contribution in [2.45, 2.75) is 13.3 Å². The van der Waals surface area contributed by atoms with E-state index in [2.05, 4.69) is 33.4 Å². The number of hydrogen-bond acceptors (Lipinski definition) is 3. The van der Waals surface area contributed by atoms with Gasteiger partial charge in [-0.1, -0.05) is 18.2 Å². The summed E-state index contributed by atoms with van der Waals surface area (Å²) in [5, 5.41) is 2.95. The van der Waals surface area contributed by atoms with Crippen LogP contribution in [0.25, 0.3) is 0 Å². The zero-order valence-electron chi connectivity index (χ0n) is 12.0. The van der Waals surface area contributed by atoms with Gasteiger partial charge in [0.05, 0.1) is 6.54 Å². The number of halogens is 2. The van der Waals surface area contributed by atoms with E-state index >= 15 is 0 Å². The third-order valence-electron chi connectivity index (χ3n) is 2.96. The van der Waals surface area contributed by atoms with Gasteiger partial charge in [0.2, 0.25) is 6.36 Å². The van der Waals surface area contributed by atoms with Crippen molar-refractivity contribution in [2.24, 2.45) is 0 Å². The molecule has 0 aliphatic carbocycles. The van der Waals surface area contributed by atoms with Crippen molar-refractivity contribution in [3.05, 3.63) is 63.2 Å². The lowest BCUT2D eigenvalue weighted by molar-refractivity contribution is -0.0754. The molecule has 0 aliphatic heterocycles. The number of benzene rings is 2. The molecule has 116 valence electrons. The Morgan fingerprint density at radius 1 is 1.27 bits per heavy atom. The van der Waals surface area contributed by atoms with E-state index in [1.54, 1.807) is 30.3 Å². The van der Waals surface area contributed by atoms with E-state index in [9.17, 15) is 9.18 Å². The number of anilines is 1. The SMILES string of the molecule is Cc1cc(I)ccc1NCC(F)ONC(=O)c1ccccc1. The van der Waals surface area contributed by atoms with Crippen LogP contribution in [0.4, 0.5) is 10.1 Å². The average molecular weight is 414 g/mol. The predicted octanol–water partition coefficient (Wildman–Crippen LogP) is 3.67. The van der Waals surface area contributed by atoms with Crippen LogP contribution in [0, 0.1) is 10.5 Å². The van der Waals surface area contributed by atoms with Gasteiger partial charge in [-0.3, -0.25) is 4.79 Å². The average Bonchev–Trinajstić information content (AvgIpc) is 2.52. The molecule has 0 aromatic heterocycles. The minimum absolute atomic E-state index is 0.0590. The van der Waals surface area contributed by atoms with Crippen LogP contribution in [0.2, 0.25) is 0 Å². The number of carbonyl (C=O) groups is 1. The van der Waals surface area contributed by atoms with Gasteiger partial charge < -0.3 is 5.32 Å². The van der Waals surface area contributed by atoms with Gasteiger partial charge in [-0.15, -0.1) is 0 Å². The highest BCUT2D eigenvalue weighted by Gasteiger charge is 2.11. The van der Waals surface area contributed by atoms with Crippen LogP contribution in [0.3, 0.4) is 0 Å². The summed E-state index contributed by atoms with van der Waals surface area (Å²) in [7, 11) is 0. The van der Waals surface area contributed by atoms with E-state index in [1.807, 2.05) is 25.1 Å². The molecule has 0 spiro atoms. The summed E-state index contributed by atoms with van der Waals surface area (Å²) in [5.41, 5.74) is 4.37. The van der Waals surface area contributed by atoms with Crippen LogP contribution in [-0.4, -0.2) is 18.8 Å². The highest BCUT2D eigenvalue weighted by atomic mass is 127. The summed E-state index contributed by atoms with van der Waals surface area (Å²) in [6, 6.07) is 14.3. The molecule has 2 N–H and O–H groups in total. The van der Waals surface area contributed by atoms with E-state index in [1.165, 1.54) is 0 Å². The Labute approximate surface area is 142 Å². The lowest BCUT2D eigenvalue weighted by atomic mass is 10.2. The summed E-state index contributed by atoms with van der Waals surface area (Å²) >= 11 is 2.22. The fraction of sp³-hybridized carbons (Fsp3) is 0.188. The molecule has 0 saturated heterocycles. The number of hydroxylamine groups is 1. The zero-order chi connectivity index (χ0) is 15.9. The second-order valence-corrected chi connectivity index (χ2v) is 5.91. The van der Waals surface area contributed by atoms with E-state index in [0.29, 0.717) is 5.56 Å². The topological polar surface area (TPSA) is 50.4 Å². The van der Waals surface area contributed by atoms with Crippen LogP contribution in [0.15, 0.2) is 48.5 Å². The summed E-state index contributed by atoms with van der Waals surface area (Å²) in [4.78, 5) is 16.4. The maximum absolute atomic E-state index is 13.7. The lowest BCUT2D eigenvalue weighted by Gasteiger charge is -2.13. The zero-order valence-corrected chi connectivity index (χ0v) is 14.1. The lowest BCUT2D eigenvalue weighted by Crippen LogP contribution is -2.31. The van der Waals surface area contributed by atoms with Gasteiger partial charge in [-0.2, -0.15) is 0 Å². The van der Waals surface area contributed by atoms with Crippen molar-refractivity contribution in [1.29, 1.82) is 0 Å². The normalized spacial score (nSPS) is 11.8. The number of alkyl halides is 1. The van der Waals surface area contributed by atoms with E-state index in [4.69, 9.17) is 4.84 Å². The number of amides is 1. The van der Waals surface area contributed by atoms with Gasteiger partial charge in [0, 0.05) is 14.8 Å². The fourth-order valence-corrected chi connectivity index (χ4v) is 2.47. The fourth-order valence-electron chi connectivity index (χ4n) is 1.82. The van der Waals surface area contributed by atoms with Crippen LogP contribution in [0.5, 0.6) is 0 Å². The number of rotatable bonds is 6. The van der Waals surface area contributed by atoms with Gasteiger partial charge in [0.15, 0.2) is 0 Å². The Hall–Kier alpha value is -1.67. The number of aryl methyl sites for hydroxylation is 1. The molecular formula is C16H16FIN2O2. The van der Waals surface area contributed by atoms with Crippen molar-refractivity contribution < 1.29 is 14.0 Å². The quantitative estimate of drug-likeness (QED) is 0.561. The molecule has 1 atom stereocenters. The molecule has 0 aliphatic rings. The smallest absolute Gasteiger partial charge is 0.274 e. The van der Waals surface area contributed by atoms with Crippen LogP contribution in [0.1, 0.15) is 15.9 Å². The van der Waals surface area contributed by atoms with Gasteiger partial charge in [0.1, 0.15) is 0 Å². The number of hydrogen-bond donors (Lipinski definition) is 2. The standard InChI is InChI=1S/C16H16FIN2O2/c1-11-9-13(18)7-8-14(11)19-10-15(17)22-20-16(21)12-5-3-2-4-6-12/h2-9,15,19H,10H2,1H3,(H,20,21). The molecule has 6 heteroatoms. The van der Waals surface area contributed by atoms with Crippen molar-refractivity contribution in [2.75, 3.05) is 11.9 Å². The van der Waals surface area contributed by atoms with Crippen LogP contribution >= 0.6 is 22.6 Å². The summed E-state index contributed by atoms with van der Waals surface area (Å²) in [6.07, 6.45) is -1.65. The molecule has 0 bridgehead atoms. The first-order valence-electron chi connectivity index (χ1n) is 6.71. The summed E-state index contributed by atoms with van der Waals surface area (Å²) < 4.78 is 14.8. The Morgan fingerprint density at radius 3 is 2.68 bits per heavy atom. The molecule has 2 rings (SSSR count). The van der Waals surface area contributed by atoms with Gasteiger partial charge >= 0.3 is 0 Å². The highest BCUT2D eigenvalue weighted by molar-refractivity contribution is 14.1. The monoisotopic (exact) mass is 414 g/mol. The third kappa shape index (κ3) is 4.96. The molecule has 2 aromatic rings. The molecule has 1 amide bonds. The molecule has 1 unspecified atom stereocenters. The van der Waals surface area contributed by atoms with Gasteiger partial charge in [-0.25, -0.2) is 14.7 Å². The maximum atomic E-state index is 13.7. The minimum Gasteiger partial charge on any atom is -0.379 e. The summed E-state index contributed by atoms with van der Waals surface area (Å²) in [6.45, 7) is 1.88. The van der Waals surface area contributed by atoms with E-state index in [0.717, 1.165) is 14.8 Å². The first-order valence-corrected chi connectivity index (χ1v) is 7.79. The van der Waals surface area contributed by atoms with Crippen LogP contribution < -0.4 is 10.8 Å². The molecule has 0 heterocycles. The number of carbonyl (C=O) groups excluding carboxylic acids is 1. The van der Waals surface area contributed by atoms with Gasteiger partial charge in [0.25, 0.3) is 5.91 Å². The molecule has 4 nitrogen and oxygen atoms in total. The maximum Gasteiger partial charge on any atom is 0.274 e. The Balaban J connectivity index is 1.78. The Bertz CT molecular complexity index is 637. The Kier molecular flexibility index (Phi) is 6.14. The largest absolute Gasteiger partial charge is 0.379 e. The summed E-state index contributed by atoms with van der Waals surface area (Å²) in [5.74, 6) is -0.478. The first-order chi connectivity index (χ1) is 10.6. The predicted molar refractivity (Wildman–Crippen MR) is 92.3 cm³/mol. The number of nitrogens with one attached hydrogen (secondary N) is 2. The second-order valence-electron chi connectivity index (χ2n) is 4.67. The molecule has 0 fully saturated rings. The molecule has 0 saturated carbocycles. The first kappa shape index (κ1) is 16.7. The van der Waals surface area contributed by atoms with Crippen molar-refractivity contribution in [3.63, 3.8) is 0 Å². The molecule has 0 radical (unpaired) electrons. The van der Waals surface area contributed by atoms with Crippen molar-refractivity contribution in [1.82, 2.24) is 5.48 Å². The van der Waals surface area contributed by atoms with Crippen molar-refractivity contribution >= 4 is 34.2 Å². The third-order valence-corrected chi connectivity index (χ3v) is 3.63.